The van der Waals surface area contributed by atoms with Gasteiger partial charge in [-0.05, 0) is 139 Å². The molecule has 1 aliphatic heterocycles. The predicted molar refractivity (Wildman–Crippen MR) is 320 cm³/mol. The zero-order chi connectivity index (χ0) is 49.9. The molecule has 1 aromatic heterocycles. The molecular weight excluding hydrogens is 937 g/mol. The average Bonchev–Trinajstić information content (AvgIpc) is 4.03. The molecule has 3 aliphatic rings. The van der Waals surface area contributed by atoms with Crippen LogP contribution in [-0.2, 0) is 5.41 Å². The Bertz CT molecular complexity index is 4490. The Balaban J connectivity index is 1.02. The lowest BCUT2D eigenvalue weighted by atomic mass is 9.65. The van der Waals surface area contributed by atoms with Crippen LogP contribution in [0.4, 0.5) is 34.1 Å². The highest BCUT2D eigenvalue weighted by atomic mass is 32.1. The minimum absolute atomic E-state index is 0.691. The second-order valence-electron chi connectivity index (χ2n) is 20.2. The topological polar surface area (TPSA) is 6.48 Å². The summed E-state index contributed by atoms with van der Waals surface area (Å²) in [6.45, 7) is 0. The number of nitrogens with zero attached hydrogens (tertiary/aromatic N) is 2. The van der Waals surface area contributed by atoms with Crippen LogP contribution < -0.4 is 9.80 Å². The maximum absolute atomic E-state index is 2.56. The van der Waals surface area contributed by atoms with Crippen molar-refractivity contribution in [2.45, 2.75) is 5.41 Å². The van der Waals surface area contributed by atoms with Crippen molar-refractivity contribution in [3.05, 3.63) is 301 Å². The van der Waals surface area contributed by atoms with Gasteiger partial charge in [0.2, 0.25) is 0 Å². The van der Waals surface area contributed by atoms with Crippen LogP contribution in [0.5, 0.6) is 0 Å². The van der Waals surface area contributed by atoms with Crippen LogP contribution in [-0.4, -0.2) is 0 Å². The van der Waals surface area contributed by atoms with Crippen molar-refractivity contribution in [2.75, 3.05) is 9.80 Å². The third-order valence-corrected chi connectivity index (χ3v) is 17.6. The summed E-state index contributed by atoms with van der Waals surface area (Å²) in [5.74, 6) is 0. The van der Waals surface area contributed by atoms with Crippen molar-refractivity contribution in [3.8, 4) is 66.8 Å². The maximum Gasteiger partial charge on any atom is 0.0726 e. The third-order valence-electron chi connectivity index (χ3n) is 16.4. The van der Waals surface area contributed by atoms with Gasteiger partial charge in [-0.2, -0.15) is 0 Å². The summed E-state index contributed by atoms with van der Waals surface area (Å²) >= 11 is 1.90. The first kappa shape index (κ1) is 42.9. The van der Waals surface area contributed by atoms with Gasteiger partial charge in [-0.1, -0.05) is 212 Å². The van der Waals surface area contributed by atoms with Crippen LogP contribution in [0.15, 0.2) is 279 Å². The molecule has 0 radical (unpaired) electrons. The Morgan fingerprint density at radius 2 is 0.842 bits per heavy atom. The predicted octanol–water partition coefficient (Wildman–Crippen LogP) is 20.3. The number of benzene rings is 12. The normalized spacial score (nSPS) is 14.3. The molecule has 0 saturated heterocycles. The molecule has 2 heterocycles. The number of rotatable bonds is 5. The first-order valence-electron chi connectivity index (χ1n) is 26.2. The van der Waals surface area contributed by atoms with Gasteiger partial charge in [0.05, 0.1) is 22.5 Å². The molecule has 16 rings (SSSR count). The fraction of sp³-hybridized carbons (Fsp3) is 0.0137. The molecule has 354 valence electrons. The highest BCUT2D eigenvalue weighted by molar-refractivity contribution is 7.26. The van der Waals surface area contributed by atoms with Crippen LogP contribution in [0, 0.1) is 0 Å². The van der Waals surface area contributed by atoms with E-state index >= 15 is 0 Å². The molecule has 0 fully saturated rings. The monoisotopic (exact) mass is 982 g/mol. The van der Waals surface area contributed by atoms with Gasteiger partial charge >= 0.3 is 0 Å². The molecule has 0 amide bonds. The summed E-state index contributed by atoms with van der Waals surface area (Å²) in [5.41, 5.74) is 25.8. The molecule has 76 heavy (non-hydrogen) atoms. The van der Waals surface area contributed by atoms with Gasteiger partial charge < -0.3 is 9.80 Å². The number of hydrogen-bond donors (Lipinski definition) is 0. The van der Waals surface area contributed by atoms with E-state index in [0.717, 1.165) is 50.8 Å². The van der Waals surface area contributed by atoms with Crippen molar-refractivity contribution in [1.29, 1.82) is 0 Å². The van der Waals surface area contributed by atoms with E-state index in [1.165, 1.54) is 92.5 Å². The minimum Gasteiger partial charge on any atom is -0.310 e. The quantitative estimate of drug-likeness (QED) is 0.170. The lowest BCUT2D eigenvalue weighted by Crippen LogP contribution is -2.29. The summed E-state index contributed by atoms with van der Waals surface area (Å²) in [6.07, 6.45) is 0. The van der Waals surface area contributed by atoms with Gasteiger partial charge in [0.15, 0.2) is 0 Å². The Morgan fingerprint density at radius 3 is 1.61 bits per heavy atom. The van der Waals surface area contributed by atoms with Crippen LogP contribution >= 0.6 is 11.3 Å². The molecular formula is C73H46N2S. The lowest BCUT2D eigenvalue weighted by Gasteiger charge is -2.37. The number of thiophene rings is 1. The highest BCUT2D eigenvalue weighted by Crippen LogP contribution is 2.64. The molecule has 0 N–H and O–H groups in total. The second-order valence-corrected chi connectivity index (χ2v) is 21.3. The lowest BCUT2D eigenvalue weighted by molar-refractivity contribution is 0.776. The summed E-state index contributed by atoms with van der Waals surface area (Å²) in [6, 6.07) is 104. The molecule has 1 unspecified atom stereocenters. The summed E-state index contributed by atoms with van der Waals surface area (Å²) in [4.78, 5) is 4.98. The highest BCUT2D eigenvalue weighted by Gasteiger charge is 2.50. The molecule has 2 nitrogen and oxygen atoms in total. The largest absolute Gasteiger partial charge is 0.310 e. The number of anilines is 6. The van der Waals surface area contributed by atoms with Crippen molar-refractivity contribution >= 4 is 65.6 Å². The van der Waals surface area contributed by atoms with E-state index in [1.54, 1.807) is 0 Å². The minimum atomic E-state index is -0.691. The van der Waals surface area contributed by atoms with Gasteiger partial charge in [0.1, 0.15) is 0 Å². The number of para-hydroxylation sites is 3. The average molecular weight is 983 g/mol. The van der Waals surface area contributed by atoms with Crippen molar-refractivity contribution in [3.63, 3.8) is 0 Å². The first-order chi connectivity index (χ1) is 37.7. The molecule has 1 atom stereocenters. The third kappa shape index (κ3) is 6.09. The molecule has 0 saturated carbocycles. The smallest absolute Gasteiger partial charge is 0.0726 e. The summed E-state index contributed by atoms with van der Waals surface area (Å²) in [7, 11) is 0. The first-order valence-corrected chi connectivity index (χ1v) is 27.1. The Kier molecular flexibility index (Phi) is 9.45. The van der Waals surface area contributed by atoms with E-state index in [0.29, 0.717) is 0 Å². The maximum atomic E-state index is 2.56. The van der Waals surface area contributed by atoms with E-state index in [4.69, 9.17) is 0 Å². The van der Waals surface area contributed by atoms with Gasteiger partial charge in [-0.15, -0.1) is 11.3 Å². The zero-order valence-electron chi connectivity index (χ0n) is 41.4. The second kappa shape index (κ2) is 16.7. The van der Waals surface area contributed by atoms with E-state index in [9.17, 15) is 0 Å². The SMILES string of the molecule is c1ccc(-c2ccccc2N(c2ccc3c(c2)-c2ccccc2-c2ccccc2N3c2ccccc2)c2ccc3c(c2)C2(c4ccccc4-c4ccccc4-3)c3ccccc3-c3c2ccc2sc4ccccc4c32)cc1. The van der Waals surface area contributed by atoms with Crippen LogP contribution in [0.1, 0.15) is 22.3 Å². The van der Waals surface area contributed by atoms with Crippen LogP contribution in [0.3, 0.4) is 0 Å². The zero-order valence-corrected chi connectivity index (χ0v) is 42.2. The number of hydrogen-bond acceptors (Lipinski definition) is 3. The molecule has 1 spiro atoms. The van der Waals surface area contributed by atoms with Gasteiger partial charge in [0.25, 0.3) is 0 Å². The number of fused-ring (bicyclic) bond motifs is 21. The molecule has 0 bridgehead atoms. The molecule has 3 heteroatoms. The standard InChI is InChI=1S/C73H46N2S/c1-3-21-47(22-4-1)51-25-13-18-36-66(51)74(49-40-43-68-61(45-49)55-29-10-9-28-54(55)58-31-14-19-37-67(58)75(68)48-23-5-2-6-24-48)50-39-41-57-53-27-8-7-26-52(53)56-30-11-16-34-62(56)73(65(57)46-50)63-35-17-12-32-59(63)71-64(73)42-44-70-72(71)60-33-15-20-38-69(60)76-70/h1-46H. The van der Waals surface area contributed by atoms with Crippen LogP contribution in [0.2, 0.25) is 0 Å². The fourth-order valence-corrected chi connectivity index (χ4v) is 14.5. The Morgan fingerprint density at radius 1 is 0.316 bits per heavy atom. The van der Waals surface area contributed by atoms with E-state index in [2.05, 4.69) is 289 Å². The van der Waals surface area contributed by atoms with Gasteiger partial charge in [-0.3, -0.25) is 0 Å². The Labute approximate surface area is 446 Å². The van der Waals surface area contributed by atoms with Crippen molar-refractivity contribution < 1.29 is 0 Å². The van der Waals surface area contributed by atoms with Crippen LogP contribution in [0.25, 0.3) is 86.9 Å². The molecule has 13 aromatic rings. The summed E-state index contributed by atoms with van der Waals surface area (Å²) in [5, 5.41) is 2.66. The van der Waals surface area contributed by atoms with E-state index < -0.39 is 5.41 Å². The van der Waals surface area contributed by atoms with E-state index in [1.807, 2.05) is 11.3 Å². The molecule has 2 aliphatic carbocycles. The van der Waals surface area contributed by atoms with E-state index in [-0.39, 0.29) is 0 Å². The fourth-order valence-electron chi connectivity index (χ4n) is 13.4. The van der Waals surface area contributed by atoms with Gasteiger partial charge in [-0.25, -0.2) is 0 Å². The van der Waals surface area contributed by atoms with Gasteiger partial charge in [0, 0.05) is 53.9 Å². The molecule has 12 aromatic carbocycles. The Hall–Kier alpha value is -9.54. The van der Waals surface area contributed by atoms with Crippen molar-refractivity contribution in [2.24, 2.45) is 0 Å². The van der Waals surface area contributed by atoms with Crippen molar-refractivity contribution in [1.82, 2.24) is 0 Å². The summed E-state index contributed by atoms with van der Waals surface area (Å²) < 4.78 is 2.63.